The lowest BCUT2D eigenvalue weighted by atomic mass is 9.92. The largest absolute Gasteiger partial charge is 0.504 e. The number of hydrogen-bond donors (Lipinski definition) is 3. The number of aromatic hydroxyl groups is 1. The van der Waals surface area contributed by atoms with Crippen LogP contribution in [0.2, 0.25) is 0 Å². The Hall–Kier alpha value is -4.81. The van der Waals surface area contributed by atoms with Crippen LogP contribution in [0.5, 0.6) is 11.5 Å². The fourth-order valence-electron chi connectivity index (χ4n) is 3.78. The number of nitro benzene ring substituents is 1. The maximum atomic E-state index is 12.7. The standard InChI is InChI=1S/C20H16N8O5/c1-2-33-14-9-11(5-8-13(14)29)18-15-16(10-3-6-12(7-4-10)28(31)32)22-23-19(30)17(15)21-20-24-25-26-27(18)20/h3-9,18,29H,2H2,1H3,(H,23,30)(H,21,24,26)/t18-/m0/s1. The molecule has 0 amide bonds. The Morgan fingerprint density at radius 3 is 2.76 bits per heavy atom. The van der Waals surface area contributed by atoms with Gasteiger partial charge in [0.1, 0.15) is 11.7 Å². The molecular formula is C20H16N8O5. The third-order valence-electron chi connectivity index (χ3n) is 5.22. The zero-order valence-electron chi connectivity index (χ0n) is 17.1. The lowest BCUT2D eigenvalue weighted by Crippen LogP contribution is -2.29. The molecule has 0 fully saturated rings. The highest BCUT2D eigenvalue weighted by molar-refractivity contribution is 5.76. The maximum Gasteiger partial charge on any atom is 0.288 e. The molecule has 1 aliphatic rings. The van der Waals surface area contributed by atoms with Crippen molar-refractivity contribution in [2.24, 2.45) is 0 Å². The number of non-ortho nitro benzene ring substituents is 1. The summed E-state index contributed by atoms with van der Waals surface area (Å²) >= 11 is 0. The number of benzene rings is 2. The van der Waals surface area contributed by atoms with Gasteiger partial charge in [0, 0.05) is 23.3 Å². The molecule has 1 aliphatic heterocycles. The van der Waals surface area contributed by atoms with Crippen LogP contribution in [0.15, 0.2) is 47.3 Å². The van der Waals surface area contributed by atoms with Gasteiger partial charge in [-0.15, -0.1) is 0 Å². The van der Waals surface area contributed by atoms with Gasteiger partial charge in [-0.1, -0.05) is 11.2 Å². The predicted octanol–water partition coefficient (Wildman–Crippen LogP) is 2.13. The van der Waals surface area contributed by atoms with E-state index >= 15 is 0 Å². The quantitative estimate of drug-likeness (QED) is 0.267. The van der Waals surface area contributed by atoms with Crippen LogP contribution in [0.25, 0.3) is 11.3 Å². The number of aromatic nitrogens is 6. The van der Waals surface area contributed by atoms with E-state index < -0.39 is 16.5 Å². The molecule has 166 valence electrons. The van der Waals surface area contributed by atoms with Crippen LogP contribution in [0.1, 0.15) is 24.1 Å². The summed E-state index contributed by atoms with van der Waals surface area (Å²) < 4.78 is 7.01. The summed E-state index contributed by atoms with van der Waals surface area (Å²) in [5.41, 5.74) is 1.64. The molecule has 3 N–H and O–H groups in total. The summed E-state index contributed by atoms with van der Waals surface area (Å²) in [7, 11) is 0. The topological polar surface area (TPSA) is 174 Å². The first kappa shape index (κ1) is 20.1. The normalized spacial score (nSPS) is 14.2. The van der Waals surface area contributed by atoms with Crippen LogP contribution >= 0.6 is 0 Å². The monoisotopic (exact) mass is 448 g/mol. The molecular weight excluding hydrogens is 432 g/mol. The minimum atomic E-state index is -0.703. The molecule has 0 saturated carbocycles. The highest BCUT2D eigenvalue weighted by Crippen LogP contribution is 2.42. The third kappa shape index (κ3) is 3.31. The fourth-order valence-corrected chi connectivity index (χ4v) is 3.78. The summed E-state index contributed by atoms with van der Waals surface area (Å²) in [5.74, 6) is 0.468. The van der Waals surface area contributed by atoms with Gasteiger partial charge >= 0.3 is 0 Å². The number of fused-ring (bicyclic) bond motifs is 2. The molecule has 0 aliphatic carbocycles. The minimum absolute atomic E-state index is 0.0358. The minimum Gasteiger partial charge on any atom is -0.504 e. The number of hydrogen-bond acceptors (Lipinski definition) is 10. The van der Waals surface area contributed by atoms with Crippen LogP contribution in [-0.4, -0.2) is 47.0 Å². The number of phenolic OH excluding ortho intramolecular Hbond substituents is 1. The Morgan fingerprint density at radius 1 is 1.24 bits per heavy atom. The second-order valence-corrected chi connectivity index (χ2v) is 7.13. The van der Waals surface area contributed by atoms with Crippen molar-refractivity contribution >= 4 is 17.3 Å². The van der Waals surface area contributed by atoms with Gasteiger partial charge < -0.3 is 15.2 Å². The van der Waals surface area contributed by atoms with Crippen LogP contribution < -0.4 is 15.6 Å². The number of ether oxygens (including phenoxy) is 1. The highest BCUT2D eigenvalue weighted by atomic mass is 16.6. The van der Waals surface area contributed by atoms with Crippen molar-refractivity contribution in [3.05, 3.63) is 74.1 Å². The molecule has 2 aromatic heterocycles. The summed E-state index contributed by atoms with van der Waals surface area (Å²) in [6, 6.07) is 9.91. The summed E-state index contributed by atoms with van der Waals surface area (Å²) in [6.07, 6.45) is 0. The first-order chi connectivity index (χ1) is 16.0. The number of phenols is 1. The molecule has 13 heteroatoms. The zero-order chi connectivity index (χ0) is 23.1. The van der Waals surface area contributed by atoms with E-state index in [0.717, 1.165) is 0 Å². The number of nitro groups is 1. The molecule has 0 bridgehead atoms. The second kappa shape index (κ2) is 7.71. The van der Waals surface area contributed by atoms with Gasteiger partial charge in [0.15, 0.2) is 11.5 Å². The van der Waals surface area contributed by atoms with E-state index in [1.807, 2.05) is 0 Å². The van der Waals surface area contributed by atoms with Crippen LogP contribution in [0.3, 0.4) is 0 Å². The first-order valence-corrected chi connectivity index (χ1v) is 9.86. The van der Waals surface area contributed by atoms with Crippen LogP contribution in [0, 0.1) is 10.1 Å². The lowest BCUT2D eigenvalue weighted by molar-refractivity contribution is -0.384. The van der Waals surface area contributed by atoms with E-state index in [2.05, 4.69) is 31.0 Å². The number of anilines is 2. The van der Waals surface area contributed by atoms with Crippen molar-refractivity contribution in [3.8, 4) is 22.8 Å². The Labute approximate surface area is 184 Å². The van der Waals surface area contributed by atoms with Crippen molar-refractivity contribution in [1.29, 1.82) is 0 Å². The van der Waals surface area contributed by atoms with E-state index in [0.29, 0.717) is 29.0 Å². The number of aromatic amines is 1. The summed E-state index contributed by atoms with van der Waals surface area (Å²) in [5, 5.41) is 42.6. The van der Waals surface area contributed by atoms with Gasteiger partial charge in [0.2, 0.25) is 5.95 Å². The number of nitrogens with zero attached hydrogens (tertiary/aromatic N) is 6. The predicted molar refractivity (Wildman–Crippen MR) is 115 cm³/mol. The SMILES string of the molecule is CCOc1cc([C@H]2c3c(-c4ccc([N+](=O)[O-])cc4)n[nH]c(=O)c3Nc3nnnn32)ccc1O. The molecule has 2 aromatic carbocycles. The second-order valence-electron chi connectivity index (χ2n) is 7.13. The average molecular weight is 448 g/mol. The van der Waals surface area contributed by atoms with Gasteiger partial charge in [-0.2, -0.15) is 9.78 Å². The van der Waals surface area contributed by atoms with Gasteiger partial charge in [-0.25, -0.2) is 5.10 Å². The fraction of sp³-hybridized carbons (Fsp3) is 0.150. The molecule has 3 heterocycles. The third-order valence-corrected chi connectivity index (χ3v) is 5.22. The van der Waals surface area contributed by atoms with Gasteiger partial charge in [-0.3, -0.25) is 14.9 Å². The molecule has 0 radical (unpaired) electrons. The van der Waals surface area contributed by atoms with Crippen LogP contribution in [-0.2, 0) is 0 Å². The Morgan fingerprint density at radius 2 is 2.03 bits per heavy atom. The van der Waals surface area contributed by atoms with E-state index in [1.54, 1.807) is 31.2 Å². The molecule has 0 spiro atoms. The molecule has 0 saturated heterocycles. The van der Waals surface area contributed by atoms with E-state index in [4.69, 9.17) is 4.74 Å². The Balaban J connectivity index is 1.75. The zero-order valence-corrected chi connectivity index (χ0v) is 17.1. The van der Waals surface area contributed by atoms with Crippen molar-refractivity contribution in [3.63, 3.8) is 0 Å². The van der Waals surface area contributed by atoms with E-state index in [-0.39, 0.29) is 28.8 Å². The number of rotatable bonds is 5. The lowest BCUT2D eigenvalue weighted by Gasteiger charge is -2.28. The molecule has 13 nitrogen and oxygen atoms in total. The maximum absolute atomic E-state index is 12.7. The smallest absolute Gasteiger partial charge is 0.288 e. The molecule has 0 unspecified atom stereocenters. The van der Waals surface area contributed by atoms with Gasteiger partial charge in [0.05, 0.1) is 17.2 Å². The van der Waals surface area contributed by atoms with Crippen molar-refractivity contribution in [2.75, 3.05) is 11.9 Å². The summed E-state index contributed by atoms with van der Waals surface area (Å²) in [4.78, 5) is 23.3. The highest BCUT2D eigenvalue weighted by Gasteiger charge is 2.34. The Kier molecular flexibility index (Phi) is 4.70. The number of tetrazole rings is 1. The van der Waals surface area contributed by atoms with Crippen molar-refractivity contribution < 1.29 is 14.8 Å². The van der Waals surface area contributed by atoms with E-state index in [1.165, 1.54) is 22.9 Å². The van der Waals surface area contributed by atoms with E-state index in [9.17, 15) is 20.0 Å². The first-order valence-electron chi connectivity index (χ1n) is 9.86. The van der Waals surface area contributed by atoms with Gasteiger partial charge in [-0.05, 0) is 47.2 Å². The van der Waals surface area contributed by atoms with Crippen molar-refractivity contribution in [1.82, 2.24) is 30.4 Å². The van der Waals surface area contributed by atoms with Gasteiger partial charge in [0.25, 0.3) is 11.2 Å². The molecule has 33 heavy (non-hydrogen) atoms. The Bertz CT molecular complexity index is 1430. The number of nitrogens with one attached hydrogen (secondary N) is 2. The number of H-pyrrole nitrogens is 1. The average Bonchev–Trinajstić information content (AvgIpc) is 3.28. The molecule has 1 atom stereocenters. The molecule has 5 rings (SSSR count). The van der Waals surface area contributed by atoms with Crippen molar-refractivity contribution in [2.45, 2.75) is 13.0 Å². The molecule has 4 aromatic rings. The summed E-state index contributed by atoms with van der Waals surface area (Å²) in [6.45, 7) is 2.13. The van der Waals surface area contributed by atoms with Crippen LogP contribution in [0.4, 0.5) is 17.3 Å².